The van der Waals surface area contributed by atoms with Crippen molar-refractivity contribution in [1.82, 2.24) is 9.97 Å². The van der Waals surface area contributed by atoms with E-state index in [4.69, 9.17) is 49.4 Å². The second-order valence-electron chi connectivity index (χ2n) is 27.9. The molecule has 2 amide bonds. The molecule has 13 rings (SSSR count). The minimum absolute atomic E-state index is 0.223. The number of aromatic nitrogens is 2. The predicted octanol–water partition coefficient (Wildman–Crippen LogP) is 20.0. The highest BCUT2D eigenvalue weighted by Gasteiger charge is 2.42. The molecular formula is C88H96N4O10. The molecule has 0 spiro atoms. The Kier molecular flexibility index (Phi) is 23.3. The predicted molar refractivity (Wildman–Crippen MR) is 399 cm³/mol. The van der Waals surface area contributed by atoms with Gasteiger partial charge in [-0.25, -0.2) is 0 Å². The summed E-state index contributed by atoms with van der Waals surface area (Å²) < 4.78 is 58.5. The van der Waals surface area contributed by atoms with Gasteiger partial charge >= 0.3 is 0 Å². The van der Waals surface area contributed by atoms with Crippen LogP contribution in [0.3, 0.4) is 0 Å². The van der Waals surface area contributed by atoms with Gasteiger partial charge in [-0.3, -0.25) is 19.6 Å². The van der Waals surface area contributed by atoms with Crippen LogP contribution in [0.15, 0.2) is 122 Å². The normalized spacial score (nSPS) is 16.3. The summed E-state index contributed by atoms with van der Waals surface area (Å²) in [6, 6.07) is 32.3. The van der Waals surface area contributed by atoms with Gasteiger partial charge in [0.2, 0.25) is 39.0 Å². The van der Waals surface area contributed by atoms with E-state index in [9.17, 15) is 9.59 Å². The van der Waals surface area contributed by atoms with Gasteiger partial charge in [0.15, 0.2) is 0 Å². The molecule has 14 nitrogen and oxygen atoms in total. The molecule has 14 heteroatoms. The van der Waals surface area contributed by atoms with Crippen LogP contribution in [0, 0.1) is 23.7 Å². The lowest BCUT2D eigenvalue weighted by Gasteiger charge is -2.37. The van der Waals surface area contributed by atoms with Gasteiger partial charge < -0.3 is 49.4 Å². The number of ether oxygens (including phenoxy) is 8. The Morgan fingerprint density at radius 2 is 0.608 bits per heavy atom. The summed E-state index contributed by atoms with van der Waals surface area (Å²) in [5.74, 6) is 16.5. The average molecular weight is 1370 g/mol. The monoisotopic (exact) mass is 1370 g/mol. The zero-order chi connectivity index (χ0) is 70.3. The van der Waals surface area contributed by atoms with Gasteiger partial charge in [-0.05, 0) is 110 Å². The molecule has 0 fully saturated rings. The molecule has 0 saturated heterocycles. The van der Waals surface area contributed by atoms with Gasteiger partial charge in [0.1, 0.15) is 57.1 Å². The Hall–Kier alpha value is -9.92. The molecule has 0 unspecified atom stereocenters. The van der Waals surface area contributed by atoms with E-state index in [-0.39, 0.29) is 50.8 Å². The first-order valence-electron chi connectivity index (χ1n) is 37.7. The van der Waals surface area contributed by atoms with E-state index in [2.05, 4.69) is 85.6 Å². The molecule has 5 aliphatic rings. The SMILES string of the molecule is CCCCCCC[C@@H]1c2cc3c4c(C#Cc5ccncc5)c2OCOc2c1cc1c(c2-c2cccc(C(N)=O)c2)OCOc2c(cc5c(c2C#Cc2ccncc2)OCOc2c(cc(c(c2-c2cccc(C(N)=O)c2)OCO4)[C@@H]3CCCCCCC)[C@@H]5CCCCCCC)[C@H]1CCCCCCC. The van der Waals surface area contributed by atoms with Crippen molar-refractivity contribution in [3.8, 4) is 91.9 Å². The Morgan fingerprint density at radius 1 is 0.343 bits per heavy atom. The molecule has 4 N–H and O–H groups in total. The van der Waals surface area contributed by atoms with Gasteiger partial charge in [0, 0.05) is 115 Å². The zero-order valence-corrected chi connectivity index (χ0v) is 59.8. The first-order valence-corrected chi connectivity index (χ1v) is 37.7. The van der Waals surface area contributed by atoms with E-state index >= 15 is 0 Å². The van der Waals surface area contributed by atoms with E-state index in [1.807, 2.05) is 60.7 Å². The molecule has 2 aromatic heterocycles. The average Bonchev–Trinajstić information content (AvgIpc) is 0.722. The summed E-state index contributed by atoms with van der Waals surface area (Å²) in [6.45, 7) is 8.12. The second kappa shape index (κ2) is 33.7. The van der Waals surface area contributed by atoms with Gasteiger partial charge in [-0.2, -0.15) is 0 Å². The van der Waals surface area contributed by atoms with E-state index in [0.29, 0.717) is 116 Å². The maximum absolute atomic E-state index is 13.5. The van der Waals surface area contributed by atoms with Crippen molar-refractivity contribution < 1.29 is 47.5 Å². The van der Waals surface area contributed by atoms with Crippen molar-refractivity contribution in [2.45, 2.75) is 205 Å². The Labute approximate surface area is 601 Å². The summed E-state index contributed by atoms with van der Waals surface area (Å²) >= 11 is 0. The van der Waals surface area contributed by atoms with Crippen LogP contribution in [0.1, 0.15) is 293 Å². The smallest absolute Gasteiger partial charge is 0.248 e. The van der Waals surface area contributed by atoms with Crippen LogP contribution in [0.5, 0.6) is 46.0 Å². The molecule has 1 aliphatic carbocycles. The summed E-state index contributed by atoms with van der Waals surface area (Å²) in [5.41, 5.74) is 26.3. The lowest BCUT2D eigenvalue weighted by molar-refractivity contribution is 0.0981. The zero-order valence-electron chi connectivity index (χ0n) is 59.8. The molecule has 8 aromatic rings. The highest BCUT2D eigenvalue weighted by Crippen LogP contribution is 2.61. The van der Waals surface area contributed by atoms with Crippen LogP contribution in [0.4, 0.5) is 0 Å². The molecule has 4 atom stereocenters. The lowest BCUT2D eigenvalue weighted by Crippen LogP contribution is -2.24. The number of unbranched alkanes of at least 4 members (excludes halogenated alkanes) is 16. The number of carbonyl (C=O) groups excluding carboxylic acids is 2. The first kappa shape index (κ1) is 70.5. The fourth-order valence-corrected chi connectivity index (χ4v) is 15.9. The highest BCUT2D eigenvalue weighted by atomic mass is 16.7. The van der Waals surface area contributed by atoms with Crippen LogP contribution in [0.2, 0.25) is 0 Å². The number of rotatable bonds is 28. The Balaban J connectivity index is 1.24. The number of nitrogens with two attached hydrogens (primary N) is 2. The van der Waals surface area contributed by atoms with Crippen molar-refractivity contribution in [3.63, 3.8) is 0 Å². The third-order valence-electron chi connectivity index (χ3n) is 21.1. The molecular weight excluding hydrogens is 1270 g/mol. The molecule has 6 aromatic carbocycles. The highest BCUT2D eigenvalue weighted by molar-refractivity contribution is 5.96. The molecule has 102 heavy (non-hydrogen) atoms. The van der Waals surface area contributed by atoms with Crippen molar-refractivity contribution >= 4 is 11.8 Å². The van der Waals surface area contributed by atoms with Crippen molar-refractivity contribution in [3.05, 3.63) is 200 Å². The van der Waals surface area contributed by atoms with Gasteiger partial charge in [0.25, 0.3) is 0 Å². The summed E-state index contributed by atoms with van der Waals surface area (Å²) in [5, 5.41) is 0. The lowest BCUT2D eigenvalue weighted by atomic mass is 9.73. The minimum atomic E-state index is -0.553. The maximum Gasteiger partial charge on any atom is 0.248 e. The Bertz CT molecular complexity index is 4020. The van der Waals surface area contributed by atoms with Crippen molar-refractivity contribution in [1.29, 1.82) is 0 Å². The molecule has 6 heterocycles. The molecule has 8 bridgehead atoms. The molecule has 528 valence electrons. The van der Waals surface area contributed by atoms with Crippen LogP contribution >= 0.6 is 0 Å². The number of benzene rings is 6. The topological polar surface area (TPSA) is 186 Å². The van der Waals surface area contributed by atoms with Gasteiger partial charge in [-0.1, -0.05) is 204 Å². The molecule has 0 radical (unpaired) electrons. The van der Waals surface area contributed by atoms with Crippen LogP contribution in [-0.2, 0) is 0 Å². The summed E-state index contributed by atoms with van der Waals surface area (Å²) in [7, 11) is 0. The number of primary amides is 2. The van der Waals surface area contributed by atoms with Gasteiger partial charge in [0.05, 0.1) is 11.1 Å². The van der Waals surface area contributed by atoms with Crippen molar-refractivity contribution in [2.75, 3.05) is 27.2 Å². The number of pyridine rings is 2. The number of hydrogen-bond acceptors (Lipinski definition) is 12. The summed E-state index contributed by atoms with van der Waals surface area (Å²) in [4.78, 5) is 35.7. The van der Waals surface area contributed by atoms with Gasteiger partial charge in [-0.15, -0.1) is 0 Å². The summed E-state index contributed by atoms with van der Waals surface area (Å²) in [6.07, 6.45) is 30.6. The number of carbonyl (C=O) groups is 2. The van der Waals surface area contributed by atoms with E-state index in [0.717, 1.165) is 184 Å². The largest absolute Gasteiger partial charge is 0.456 e. The number of hydrogen-bond donors (Lipinski definition) is 2. The Morgan fingerprint density at radius 3 is 0.882 bits per heavy atom. The second-order valence-corrected chi connectivity index (χ2v) is 27.9. The van der Waals surface area contributed by atoms with E-state index in [1.54, 1.807) is 36.9 Å². The third kappa shape index (κ3) is 15.3. The molecule has 0 saturated carbocycles. The van der Waals surface area contributed by atoms with Crippen LogP contribution in [0.25, 0.3) is 22.3 Å². The quantitative estimate of drug-likeness (QED) is 0.0350. The minimum Gasteiger partial charge on any atom is -0.456 e. The fraction of sp³-hybridized carbons (Fsp3) is 0.409. The third-order valence-corrected chi connectivity index (χ3v) is 21.1. The van der Waals surface area contributed by atoms with E-state index in [1.165, 1.54) is 0 Å². The first-order chi connectivity index (χ1) is 50.2. The van der Waals surface area contributed by atoms with Crippen LogP contribution < -0.4 is 49.4 Å². The standard InChI is InChI=1S/C88H96N4O10/c1-5-9-13-17-21-31-63-69-49-70-64(32-22-18-14-10-6-2)75-52-76-66(34-24-20-16-12-8-4)72-50-71-65(33-23-19-15-11-7-3)74-51-73(63)83-77(59-27-25-29-61(47-59)87(89)93)84(74)100-55-97-81(71)68(38-36-58-41-45-92-46-42-58)82(72)98-56-102-86(76)78(60-28-26-30-62(48-60)88(90)94)85(75)101-54-96-80(70)67(79(69)95-53-99-83)37-35-57-39-43-91-44-40-57/h25-30,39-52,63-66H,5-24,31-34,53-56H2,1-4H3,(H2,89,93)(H2,90,94)/t63-,64-,65-,66-/m1/s1. The maximum atomic E-state index is 13.5. The van der Waals surface area contributed by atoms with Crippen LogP contribution in [-0.4, -0.2) is 49.0 Å². The molecule has 4 aliphatic heterocycles. The van der Waals surface area contributed by atoms with Crippen molar-refractivity contribution in [2.24, 2.45) is 11.5 Å². The number of nitrogens with zero attached hydrogens (tertiary/aromatic N) is 2. The fourth-order valence-electron chi connectivity index (χ4n) is 15.9. The van der Waals surface area contributed by atoms with E-state index < -0.39 is 11.8 Å². The number of amides is 2.